The molecule has 0 saturated carbocycles. The van der Waals surface area contributed by atoms with E-state index in [1.807, 2.05) is 13.0 Å². The van der Waals surface area contributed by atoms with Crippen molar-refractivity contribution in [1.82, 2.24) is 19.9 Å². The zero-order valence-electron chi connectivity index (χ0n) is 15.3. The van der Waals surface area contributed by atoms with Crippen LogP contribution in [0.2, 0.25) is 0 Å². The quantitative estimate of drug-likeness (QED) is 0.653. The van der Waals surface area contributed by atoms with E-state index in [0.717, 1.165) is 6.07 Å². The van der Waals surface area contributed by atoms with Crippen LogP contribution in [0.4, 0.5) is 13.2 Å². The van der Waals surface area contributed by atoms with Crippen LogP contribution in [-0.4, -0.2) is 34.2 Å². The van der Waals surface area contributed by atoms with E-state index in [0.29, 0.717) is 24.1 Å². The minimum Gasteiger partial charge on any atom is -0.492 e. The van der Waals surface area contributed by atoms with E-state index in [4.69, 9.17) is 4.74 Å². The van der Waals surface area contributed by atoms with Gasteiger partial charge in [0.2, 0.25) is 0 Å². The van der Waals surface area contributed by atoms with Crippen molar-refractivity contribution in [1.29, 1.82) is 5.26 Å². The summed E-state index contributed by atoms with van der Waals surface area (Å²) in [6.45, 7) is 3.17. The average molecular weight is 389 g/mol. The highest BCUT2D eigenvalue weighted by Gasteiger charge is 2.35. The van der Waals surface area contributed by atoms with Gasteiger partial charge in [0.1, 0.15) is 23.9 Å². The molecule has 0 saturated heterocycles. The number of imidazole rings is 1. The number of rotatable bonds is 6. The molecule has 0 radical (unpaired) electrons. The highest BCUT2D eigenvalue weighted by Crippen LogP contribution is 2.39. The maximum Gasteiger partial charge on any atom is 0.419 e. The van der Waals surface area contributed by atoms with Crippen LogP contribution in [0.25, 0.3) is 22.3 Å². The molecule has 0 aliphatic carbocycles. The van der Waals surface area contributed by atoms with E-state index in [-0.39, 0.29) is 29.3 Å². The molecule has 0 aliphatic rings. The maximum absolute atomic E-state index is 13.5. The van der Waals surface area contributed by atoms with Gasteiger partial charge in [-0.15, -0.1) is 0 Å². The van der Waals surface area contributed by atoms with Gasteiger partial charge < -0.3 is 14.6 Å². The SMILES string of the molecule is CCNCCOc1ccc(-c2cc3c(ncn3C)c(C#N)n2)cc1C(F)(F)F. The highest BCUT2D eigenvalue weighted by molar-refractivity contribution is 5.84. The van der Waals surface area contributed by atoms with Crippen LogP contribution < -0.4 is 10.1 Å². The van der Waals surface area contributed by atoms with Crippen molar-refractivity contribution in [3.8, 4) is 23.1 Å². The molecule has 0 amide bonds. The Bertz CT molecular complexity index is 1040. The third kappa shape index (κ3) is 3.92. The number of halogens is 3. The van der Waals surface area contributed by atoms with E-state index in [2.05, 4.69) is 15.3 Å². The zero-order chi connectivity index (χ0) is 20.3. The summed E-state index contributed by atoms with van der Waals surface area (Å²) in [6, 6.07) is 7.34. The van der Waals surface area contributed by atoms with Gasteiger partial charge in [-0.2, -0.15) is 18.4 Å². The summed E-state index contributed by atoms with van der Waals surface area (Å²) in [5.74, 6) is -0.240. The van der Waals surface area contributed by atoms with Gasteiger partial charge >= 0.3 is 6.18 Å². The topological polar surface area (TPSA) is 75.8 Å². The van der Waals surface area contributed by atoms with Crippen LogP contribution in [0.1, 0.15) is 18.2 Å². The summed E-state index contributed by atoms with van der Waals surface area (Å²) in [5.41, 5.74) is 0.706. The zero-order valence-corrected chi connectivity index (χ0v) is 15.3. The Morgan fingerprint density at radius 1 is 1.29 bits per heavy atom. The molecule has 28 heavy (non-hydrogen) atoms. The van der Waals surface area contributed by atoms with Gasteiger partial charge in [0.25, 0.3) is 0 Å². The lowest BCUT2D eigenvalue weighted by molar-refractivity contribution is -0.138. The molecule has 146 valence electrons. The molecule has 0 atom stereocenters. The third-order valence-electron chi connectivity index (χ3n) is 4.19. The van der Waals surface area contributed by atoms with Gasteiger partial charge in [0.05, 0.1) is 23.1 Å². The van der Waals surface area contributed by atoms with E-state index < -0.39 is 11.7 Å². The van der Waals surface area contributed by atoms with Crippen molar-refractivity contribution in [3.05, 3.63) is 41.9 Å². The Labute approximate surface area is 159 Å². The van der Waals surface area contributed by atoms with Crippen LogP contribution in [-0.2, 0) is 13.2 Å². The summed E-state index contributed by atoms with van der Waals surface area (Å²) >= 11 is 0. The second-order valence-corrected chi connectivity index (χ2v) is 6.10. The molecule has 3 aromatic rings. The number of hydrogen-bond donors (Lipinski definition) is 1. The Morgan fingerprint density at radius 2 is 2.07 bits per heavy atom. The van der Waals surface area contributed by atoms with Crippen LogP contribution in [0.5, 0.6) is 5.75 Å². The number of nitrogens with zero attached hydrogens (tertiary/aromatic N) is 4. The van der Waals surface area contributed by atoms with Crippen LogP contribution in [0.15, 0.2) is 30.6 Å². The minimum atomic E-state index is -4.59. The van der Waals surface area contributed by atoms with Crippen molar-refractivity contribution in [3.63, 3.8) is 0 Å². The van der Waals surface area contributed by atoms with Crippen molar-refractivity contribution >= 4 is 11.0 Å². The van der Waals surface area contributed by atoms with E-state index >= 15 is 0 Å². The molecule has 0 fully saturated rings. The molecule has 0 spiro atoms. The van der Waals surface area contributed by atoms with Gasteiger partial charge in [-0.05, 0) is 30.8 Å². The number of ether oxygens (including phenoxy) is 1. The van der Waals surface area contributed by atoms with Gasteiger partial charge in [-0.25, -0.2) is 9.97 Å². The number of nitrogens with one attached hydrogen (secondary N) is 1. The number of pyridine rings is 1. The molecule has 1 N–H and O–H groups in total. The van der Waals surface area contributed by atoms with E-state index in [1.165, 1.54) is 18.5 Å². The Kier molecular flexibility index (Phi) is 5.51. The standard InChI is InChI=1S/C19H18F3N5O/c1-3-24-6-7-28-17-5-4-12(8-13(17)19(20,21)22)14-9-16-18(15(10-23)26-14)25-11-27(16)2/h4-5,8-9,11,24H,3,6-7H2,1-2H3. The first-order valence-corrected chi connectivity index (χ1v) is 8.62. The second kappa shape index (κ2) is 7.86. The predicted molar refractivity (Wildman–Crippen MR) is 97.7 cm³/mol. The molecule has 3 rings (SSSR count). The van der Waals surface area contributed by atoms with Crippen molar-refractivity contribution in [2.45, 2.75) is 13.1 Å². The van der Waals surface area contributed by atoms with Crippen molar-refractivity contribution in [2.24, 2.45) is 7.05 Å². The Morgan fingerprint density at radius 3 is 2.75 bits per heavy atom. The van der Waals surface area contributed by atoms with E-state index in [9.17, 15) is 18.4 Å². The number of aryl methyl sites for hydroxylation is 1. The fourth-order valence-corrected chi connectivity index (χ4v) is 2.80. The summed E-state index contributed by atoms with van der Waals surface area (Å²) < 4.78 is 47.6. The number of benzene rings is 1. The Balaban J connectivity index is 2.04. The lowest BCUT2D eigenvalue weighted by Crippen LogP contribution is -2.21. The minimum absolute atomic E-state index is 0.0626. The molecule has 9 heteroatoms. The smallest absolute Gasteiger partial charge is 0.419 e. The monoisotopic (exact) mass is 389 g/mol. The summed E-state index contributed by atoms with van der Waals surface area (Å²) in [5, 5.41) is 12.3. The van der Waals surface area contributed by atoms with Crippen molar-refractivity contribution in [2.75, 3.05) is 19.7 Å². The largest absolute Gasteiger partial charge is 0.492 e. The normalized spacial score (nSPS) is 11.6. The van der Waals surface area contributed by atoms with Gasteiger partial charge in [0.15, 0.2) is 5.69 Å². The maximum atomic E-state index is 13.5. The number of hydrogen-bond acceptors (Lipinski definition) is 5. The summed E-state index contributed by atoms with van der Waals surface area (Å²) in [4.78, 5) is 8.30. The average Bonchev–Trinajstić information content (AvgIpc) is 3.05. The Hall–Kier alpha value is -3.12. The van der Waals surface area contributed by atoms with Gasteiger partial charge in [-0.1, -0.05) is 6.92 Å². The van der Waals surface area contributed by atoms with Crippen molar-refractivity contribution < 1.29 is 17.9 Å². The third-order valence-corrected chi connectivity index (χ3v) is 4.19. The van der Waals surface area contributed by atoms with Crippen LogP contribution in [0, 0.1) is 11.3 Å². The first-order valence-electron chi connectivity index (χ1n) is 8.62. The first kappa shape index (κ1) is 19.6. The number of nitriles is 1. The molecular formula is C19H18F3N5O. The second-order valence-electron chi connectivity index (χ2n) is 6.10. The molecule has 2 heterocycles. The van der Waals surface area contributed by atoms with Gasteiger partial charge in [0, 0.05) is 19.2 Å². The van der Waals surface area contributed by atoms with Crippen LogP contribution >= 0.6 is 0 Å². The molecule has 0 unspecified atom stereocenters. The number of fused-ring (bicyclic) bond motifs is 1. The molecule has 6 nitrogen and oxygen atoms in total. The number of likely N-dealkylation sites (N-methyl/N-ethyl adjacent to an activating group) is 1. The lowest BCUT2D eigenvalue weighted by Gasteiger charge is -2.15. The highest BCUT2D eigenvalue weighted by atomic mass is 19.4. The molecule has 1 aromatic carbocycles. The number of alkyl halides is 3. The molecule has 2 aromatic heterocycles. The predicted octanol–water partition coefficient (Wildman–Crippen LogP) is 3.51. The molecule has 0 bridgehead atoms. The fraction of sp³-hybridized carbons (Fsp3) is 0.316. The fourth-order valence-electron chi connectivity index (χ4n) is 2.80. The first-order chi connectivity index (χ1) is 13.3. The summed E-state index contributed by atoms with van der Waals surface area (Å²) in [7, 11) is 1.74. The molecular weight excluding hydrogens is 371 g/mol. The van der Waals surface area contributed by atoms with Gasteiger partial charge in [-0.3, -0.25) is 0 Å². The lowest BCUT2D eigenvalue weighted by atomic mass is 10.1. The summed E-state index contributed by atoms with van der Waals surface area (Å²) in [6.07, 6.45) is -3.06. The molecule has 0 aliphatic heterocycles. The van der Waals surface area contributed by atoms with Crippen LogP contribution in [0.3, 0.4) is 0 Å². The number of aromatic nitrogens is 3. The van der Waals surface area contributed by atoms with E-state index in [1.54, 1.807) is 17.7 Å².